The first kappa shape index (κ1) is 13.2. The van der Waals surface area contributed by atoms with Crippen molar-refractivity contribution < 1.29 is 4.43 Å². The maximum atomic E-state index is 6.29. The predicted molar refractivity (Wildman–Crippen MR) is 69.7 cm³/mol. The van der Waals surface area contributed by atoms with Crippen molar-refractivity contribution in [1.29, 1.82) is 0 Å². The van der Waals surface area contributed by atoms with Gasteiger partial charge in [0, 0.05) is 6.61 Å². The van der Waals surface area contributed by atoms with Crippen LogP contribution in [0.25, 0.3) is 0 Å². The Bertz CT molecular complexity index is 221. The maximum Gasteiger partial charge on any atom is 0.192 e. The second-order valence-electron chi connectivity index (χ2n) is 7.37. The smallest absolute Gasteiger partial charge is 0.192 e. The number of hydrogen-bond donors (Lipinski definition) is 0. The minimum atomic E-state index is -1.52. The maximum absolute atomic E-state index is 6.29. The lowest BCUT2D eigenvalue weighted by Gasteiger charge is -2.47. The summed E-state index contributed by atoms with van der Waals surface area (Å²) in [6.07, 6.45) is 2.70. The summed E-state index contributed by atoms with van der Waals surface area (Å²) >= 11 is 0. The lowest BCUT2D eigenvalue weighted by Crippen LogP contribution is -2.46. The Hall–Kier alpha value is 0.177. The van der Waals surface area contributed by atoms with Crippen molar-refractivity contribution in [3.8, 4) is 0 Å². The number of rotatable bonds is 3. The van der Waals surface area contributed by atoms with Crippen LogP contribution in [0.5, 0.6) is 0 Å². The molecule has 0 aromatic heterocycles. The molecule has 0 heterocycles. The predicted octanol–water partition coefficient (Wildman–Crippen LogP) is 4.44. The van der Waals surface area contributed by atoms with Crippen LogP contribution in [0.2, 0.25) is 18.1 Å². The van der Waals surface area contributed by atoms with Gasteiger partial charge in [0.2, 0.25) is 0 Å². The van der Waals surface area contributed by atoms with Crippen LogP contribution in [0.15, 0.2) is 0 Å². The van der Waals surface area contributed by atoms with Crippen molar-refractivity contribution in [1.82, 2.24) is 0 Å². The fourth-order valence-corrected chi connectivity index (χ4v) is 3.45. The summed E-state index contributed by atoms with van der Waals surface area (Å²) in [5, 5.41) is 0.346. The molecule has 1 fully saturated rings. The fourth-order valence-electron chi connectivity index (χ4n) is 2.31. The molecule has 0 saturated heterocycles. The molecule has 2 heteroatoms. The van der Waals surface area contributed by atoms with Crippen LogP contribution >= 0.6 is 0 Å². The van der Waals surface area contributed by atoms with Crippen LogP contribution in [-0.4, -0.2) is 14.9 Å². The molecule has 1 saturated carbocycles. The zero-order valence-corrected chi connectivity index (χ0v) is 12.6. The molecule has 15 heavy (non-hydrogen) atoms. The summed E-state index contributed by atoms with van der Waals surface area (Å²) in [6.45, 7) is 17.3. The SMILES string of the molecule is CC(C)(C)[Si](C)(C)OC[C@]1(C)C[C@H](C)C1. The quantitative estimate of drug-likeness (QED) is 0.649. The van der Waals surface area contributed by atoms with E-state index in [4.69, 9.17) is 4.43 Å². The van der Waals surface area contributed by atoms with Gasteiger partial charge in [0.25, 0.3) is 0 Å². The van der Waals surface area contributed by atoms with Crippen LogP contribution in [-0.2, 0) is 4.43 Å². The van der Waals surface area contributed by atoms with Gasteiger partial charge in [-0.15, -0.1) is 0 Å². The summed E-state index contributed by atoms with van der Waals surface area (Å²) in [6, 6.07) is 0. The van der Waals surface area contributed by atoms with Crippen molar-refractivity contribution in [2.75, 3.05) is 6.61 Å². The van der Waals surface area contributed by atoms with Gasteiger partial charge in [0.05, 0.1) is 0 Å². The molecule has 0 amide bonds. The molecule has 0 bridgehead atoms. The van der Waals surface area contributed by atoms with Gasteiger partial charge in [0.1, 0.15) is 0 Å². The van der Waals surface area contributed by atoms with Crippen molar-refractivity contribution in [2.24, 2.45) is 11.3 Å². The van der Waals surface area contributed by atoms with E-state index in [-0.39, 0.29) is 0 Å². The third kappa shape index (κ3) is 3.07. The number of hydrogen-bond acceptors (Lipinski definition) is 1. The van der Waals surface area contributed by atoms with Crippen LogP contribution in [0.4, 0.5) is 0 Å². The first-order valence-corrected chi connectivity index (χ1v) is 9.11. The molecule has 0 unspecified atom stereocenters. The van der Waals surface area contributed by atoms with Crippen molar-refractivity contribution in [2.45, 2.75) is 65.6 Å². The molecular weight excluding hydrogens is 200 g/mol. The molecule has 1 rings (SSSR count). The molecule has 0 aliphatic heterocycles. The Labute approximate surface area is 96.7 Å². The Balaban J connectivity index is 2.43. The third-order valence-corrected chi connectivity index (χ3v) is 8.75. The van der Waals surface area contributed by atoms with E-state index in [9.17, 15) is 0 Å². The lowest BCUT2D eigenvalue weighted by atomic mass is 9.64. The average Bonchev–Trinajstić information content (AvgIpc) is 1.96. The fraction of sp³-hybridized carbons (Fsp3) is 1.00. The highest BCUT2D eigenvalue weighted by molar-refractivity contribution is 6.74. The monoisotopic (exact) mass is 228 g/mol. The zero-order valence-electron chi connectivity index (χ0n) is 11.6. The van der Waals surface area contributed by atoms with Crippen LogP contribution in [0.1, 0.15) is 47.5 Å². The molecule has 0 aromatic rings. The standard InChI is InChI=1S/C13H28OSi/c1-11-8-13(5,9-11)10-14-15(6,7)12(2,3)4/h11H,8-10H2,1-7H3/t11-,13+. The Morgan fingerprint density at radius 3 is 2.07 bits per heavy atom. The Morgan fingerprint density at radius 2 is 1.73 bits per heavy atom. The van der Waals surface area contributed by atoms with Crippen LogP contribution in [0.3, 0.4) is 0 Å². The summed E-state index contributed by atoms with van der Waals surface area (Å²) < 4.78 is 6.29. The largest absolute Gasteiger partial charge is 0.416 e. The highest BCUT2D eigenvalue weighted by atomic mass is 28.4. The summed E-state index contributed by atoms with van der Waals surface area (Å²) in [4.78, 5) is 0. The van der Waals surface area contributed by atoms with Gasteiger partial charge < -0.3 is 4.43 Å². The summed E-state index contributed by atoms with van der Waals surface area (Å²) in [7, 11) is -1.52. The van der Waals surface area contributed by atoms with E-state index in [1.165, 1.54) is 12.8 Å². The lowest BCUT2D eigenvalue weighted by molar-refractivity contribution is 0.0249. The molecule has 0 radical (unpaired) electrons. The molecule has 0 spiro atoms. The molecule has 0 N–H and O–H groups in total. The topological polar surface area (TPSA) is 9.23 Å². The minimum absolute atomic E-state index is 0.346. The Morgan fingerprint density at radius 1 is 1.27 bits per heavy atom. The van der Waals surface area contributed by atoms with Crippen molar-refractivity contribution >= 4 is 8.32 Å². The van der Waals surface area contributed by atoms with Gasteiger partial charge >= 0.3 is 0 Å². The average molecular weight is 228 g/mol. The van der Waals surface area contributed by atoms with E-state index in [1.54, 1.807) is 0 Å². The first-order valence-electron chi connectivity index (χ1n) is 6.20. The van der Waals surface area contributed by atoms with Gasteiger partial charge in [-0.2, -0.15) is 0 Å². The van der Waals surface area contributed by atoms with E-state index in [2.05, 4.69) is 47.7 Å². The van der Waals surface area contributed by atoms with Gasteiger partial charge in [-0.1, -0.05) is 34.6 Å². The Kier molecular flexibility index (Phi) is 3.43. The normalized spacial score (nSPS) is 32.6. The van der Waals surface area contributed by atoms with Gasteiger partial charge in [-0.3, -0.25) is 0 Å². The van der Waals surface area contributed by atoms with Crippen molar-refractivity contribution in [3.63, 3.8) is 0 Å². The van der Waals surface area contributed by atoms with E-state index in [0.29, 0.717) is 10.5 Å². The van der Waals surface area contributed by atoms with E-state index in [1.807, 2.05) is 0 Å². The van der Waals surface area contributed by atoms with Crippen LogP contribution < -0.4 is 0 Å². The van der Waals surface area contributed by atoms with E-state index < -0.39 is 8.32 Å². The van der Waals surface area contributed by atoms with Crippen molar-refractivity contribution in [3.05, 3.63) is 0 Å². The first-order chi connectivity index (χ1) is 6.56. The summed E-state index contributed by atoms with van der Waals surface area (Å²) in [5.41, 5.74) is 0.481. The molecule has 1 nitrogen and oxygen atoms in total. The molecule has 1 aliphatic carbocycles. The molecule has 0 aromatic carbocycles. The highest BCUT2D eigenvalue weighted by Gasteiger charge is 2.42. The highest BCUT2D eigenvalue weighted by Crippen LogP contribution is 2.46. The van der Waals surface area contributed by atoms with E-state index in [0.717, 1.165) is 12.5 Å². The third-order valence-electron chi connectivity index (χ3n) is 4.27. The zero-order chi connectivity index (χ0) is 11.9. The molecular formula is C13H28OSi. The minimum Gasteiger partial charge on any atom is -0.416 e. The van der Waals surface area contributed by atoms with E-state index >= 15 is 0 Å². The molecule has 90 valence electrons. The van der Waals surface area contributed by atoms with Gasteiger partial charge in [-0.05, 0) is 42.3 Å². The van der Waals surface area contributed by atoms with Gasteiger partial charge in [-0.25, -0.2) is 0 Å². The second-order valence-corrected chi connectivity index (χ2v) is 12.2. The molecule has 0 atom stereocenters. The van der Waals surface area contributed by atoms with Crippen LogP contribution in [0, 0.1) is 11.3 Å². The van der Waals surface area contributed by atoms with Gasteiger partial charge in [0.15, 0.2) is 8.32 Å². The summed E-state index contributed by atoms with van der Waals surface area (Å²) in [5.74, 6) is 0.915. The molecule has 1 aliphatic rings. The second kappa shape index (κ2) is 3.88.